The number of carbonyl (C=O) groups is 2. The van der Waals surface area contributed by atoms with Gasteiger partial charge in [-0.15, -0.1) is 0 Å². The molecule has 1 atom stereocenters. The van der Waals surface area contributed by atoms with Crippen molar-refractivity contribution in [3.05, 3.63) is 52.7 Å². The van der Waals surface area contributed by atoms with Gasteiger partial charge < -0.3 is 14.6 Å². The maximum atomic E-state index is 13.2. The smallest absolute Gasteiger partial charge is 0.309 e. The molecule has 0 radical (unpaired) electrons. The molecular formula is C26H34N4O3. The minimum Gasteiger partial charge on any atom is -0.469 e. The highest BCUT2D eigenvalue weighted by Crippen LogP contribution is 2.37. The van der Waals surface area contributed by atoms with Gasteiger partial charge in [-0.05, 0) is 37.8 Å². The Hall–Kier alpha value is -3.11. The van der Waals surface area contributed by atoms with Crippen LogP contribution in [0.4, 0.5) is 5.82 Å². The molecule has 2 aromatic rings. The van der Waals surface area contributed by atoms with Crippen LogP contribution in [-0.2, 0) is 20.9 Å². The van der Waals surface area contributed by atoms with Crippen molar-refractivity contribution in [2.45, 2.75) is 59.0 Å². The minimum atomic E-state index is -0.368. The maximum Gasteiger partial charge on any atom is 0.309 e. The standard InChI is InChI=1S/C26H34N4O3/c1-18(26(32)33-4)15-29(16-21-10-6-5-7-11-21)17-24(31)28-25-23(14-27)19(2)20(3)30(25)22-12-8-9-13-22/h5-7,10-11,18,22H,8-9,12-13,15-17H2,1-4H3,(H,28,31). The fourth-order valence-electron chi connectivity index (χ4n) is 4.77. The summed E-state index contributed by atoms with van der Waals surface area (Å²) in [5, 5.41) is 12.8. The zero-order valence-electron chi connectivity index (χ0n) is 20.1. The number of esters is 1. The van der Waals surface area contributed by atoms with E-state index in [4.69, 9.17) is 4.74 Å². The second-order valence-electron chi connectivity index (χ2n) is 8.98. The number of methoxy groups -OCH3 is 1. The van der Waals surface area contributed by atoms with Gasteiger partial charge >= 0.3 is 5.97 Å². The number of carbonyl (C=O) groups excluding carboxylic acids is 2. The second-order valence-corrected chi connectivity index (χ2v) is 8.98. The number of benzene rings is 1. The van der Waals surface area contributed by atoms with Crippen molar-refractivity contribution in [1.82, 2.24) is 9.47 Å². The Labute approximate surface area is 196 Å². The van der Waals surface area contributed by atoms with Crippen molar-refractivity contribution in [2.24, 2.45) is 5.92 Å². The van der Waals surface area contributed by atoms with Gasteiger partial charge in [0.25, 0.3) is 0 Å². The van der Waals surface area contributed by atoms with Gasteiger partial charge in [0, 0.05) is 24.8 Å². The van der Waals surface area contributed by atoms with E-state index in [2.05, 4.69) is 16.0 Å². The van der Waals surface area contributed by atoms with Gasteiger partial charge in [0.15, 0.2) is 0 Å². The highest BCUT2D eigenvalue weighted by Gasteiger charge is 2.27. The number of nitriles is 1. The monoisotopic (exact) mass is 450 g/mol. The van der Waals surface area contributed by atoms with E-state index in [1.165, 1.54) is 7.11 Å². The van der Waals surface area contributed by atoms with Gasteiger partial charge in [0.05, 0.1) is 25.1 Å². The van der Waals surface area contributed by atoms with E-state index < -0.39 is 0 Å². The lowest BCUT2D eigenvalue weighted by atomic mass is 10.1. The zero-order chi connectivity index (χ0) is 24.0. The summed E-state index contributed by atoms with van der Waals surface area (Å²) >= 11 is 0. The maximum absolute atomic E-state index is 13.2. The van der Waals surface area contributed by atoms with E-state index in [0.717, 1.165) is 42.5 Å². The lowest BCUT2D eigenvalue weighted by Gasteiger charge is -2.25. The summed E-state index contributed by atoms with van der Waals surface area (Å²) in [6.07, 6.45) is 4.43. The van der Waals surface area contributed by atoms with Crippen LogP contribution in [0.25, 0.3) is 0 Å². The number of nitrogens with zero attached hydrogens (tertiary/aromatic N) is 3. The first-order valence-corrected chi connectivity index (χ1v) is 11.6. The third kappa shape index (κ3) is 5.82. The Morgan fingerprint density at radius 2 is 1.91 bits per heavy atom. The number of hydrogen-bond acceptors (Lipinski definition) is 5. The SMILES string of the molecule is COC(=O)C(C)CN(CC(=O)Nc1c(C#N)c(C)c(C)n1C1CCCC1)Cc1ccccc1. The molecule has 3 rings (SSSR count). The lowest BCUT2D eigenvalue weighted by molar-refractivity contribution is -0.145. The number of aromatic nitrogens is 1. The number of amides is 1. The lowest BCUT2D eigenvalue weighted by Crippen LogP contribution is -2.38. The Kier molecular flexibility index (Phi) is 8.29. The Morgan fingerprint density at radius 3 is 2.52 bits per heavy atom. The van der Waals surface area contributed by atoms with Crippen molar-refractivity contribution in [3.63, 3.8) is 0 Å². The van der Waals surface area contributed by atoms with E-state index in [1.807, 2.05) is 49.1 Å². The summed E-state index contributed by atoms with van der Waals surface area (Å²) in [5.74, 6) is -0.268. The zero-order valence-corrected chi connectivity index (χ0v) is 20.1. The van der Waals surface area contributed by atoms with Gasteiger partial charge in [0.1, 0.15) is 11.9 Å². The molecule has 1 amide bonds. The van der Waals surface area contributed by atoms with Crippen LogP contribution in [-0.4, -0.2) is 41.5 Å². The summed E-state index contributed by atoms with van der Waals surface area (Å²) in [7, 11) is 1.37. The molecule has 1 heterocycles. The Morgan fingerprint density at radius 1 is 1.24 bits per heavy atom. The summed E-state index contributed by atoms with van der Waals surface area (Å²) < 4.78 is 7.03. The third-order valence-corrected chi connectivity index (χ3v) is 6.57. The normalized spacial score (nSPS) is 14.8. The first-order chi connectivity index (χ1) is 15.8. The van der Waals surface area contributed by atoms with Crippen LogP contribution in [0.1, 0.15) is 61.0 Å². The second kappa shape index (κ2) is 11.2. The van der Waals surface area contributed by atoms with Crippen LogP contribution in [0.15, 0.2) is 30.3 Å². The van der Waals surface area contributed by atoms with Crippen LogP contribution < -0.4 is 5.32 Å². The van der Waals surface area contributed by atoms with Gasteiger partial charge in [0.2, 0.25) is 5.91 Å². The molecule has 1 aliphatic rings. The van der Waals surface area contributed by atoms with Gasteiger partial charge in [-0.3, -0.25) is 14.5 Å². The molecule has 0 bridgehead atoms. The molecule has 0 spiro atoms. The highest BCUT2D eigenvalue weighted by molar-refractivity contribution is 5.93. The number of hydrogen-bond donors (Lipinski definition) is 1. The summed E-state index contributed by atoms with van der Waals surface area (Å²) in [6, 6.07) is 12.5. The predicted molar refractivity (Wildman–Crippen MR) is 128 cm³/mol. The van der Waals surface area contributed by atoms with Crippen LogP contribution in [0, 0.1) is 31.1 Å². The van der Waals surface area contributed by atoms with Crippen molar-refractivity contribution in [1.29, 1.82) is 5.26 Å². The molecule has 1 aromatic carbocycles. The summed E-state index contributed by atoms with van der Waals surface area (Å²) in [6.45, 7) is 6.78. The molecule has 33 heavy (non-hydrogen) atoms. The van der Waals surface area contributed by atoms with Crippen LogP contribution in [0.3, 0.4) is 0 Å². The number of rotatable bonds is 9. The molecule has 0 saturated heterocycles. The molecule has 176 valence electrons. The molecule has 1 N–H and O–H groups in total. The molecule has 7 nitrogen and oxygen atoms in total. The topological polar surface area (TPSA) is 87.4 Å². The molecule has 1 fully saturated rings. The van der Waals surface area contributed by atoms with Crippen LogP contribution in [0.2, 0.25) is 0 Å². The van der Waals surface area contributed by atoms with E-state index in [-0.39, 0.29) is 24.3 Å². The molecule has 1 aliphatic carbocycles. The molecular weight excluding hydrogens is 416 g/mol. The summed E-state index contributed by atoms with van der Waals surface area (Å²) in [4.78, 5) is 27.1. The predicted octanol–water partition coefficient (Wildman–Crippen LogP) is 4.34. The average molecular weight is 451 g/mol. The van der Waals surface area contributed by atoms with E-state index in [0.29, 0.717) is 30.5 Å². The summed E-state index contributed by atoms with van der Waals surface area (Å²) in [5.41, 5.74) is 3.54. The Bertz CT molecular complexity index is 1020. The number of nitrogens with one attached hydrogen (secondary N) is 1. The van der Waals surface area contributed by atoms with E-state index in [9.17, 15) is 14.9 Å². The van der Waals surface area contributed by atoms with Crippen molar-refractivity contribution in [2.75, 3.05) is 25.5 Å². The van der Waals surface area contributed by atoms with Crippen LogP contribution in [0.5, 0.6) is 0 Å². The molecule has 1 unspecified atom stereocenters. The van der Waals surface area contributed by atoms with Crippen molar-refractivity contribution in [3.8, 4) is 6.07 Å². The molecule has 1 saturated carbocycles. The van der Waals surface area contributed by atoms with Gasteiger partial charge in [-0.25, -0.2) is 0 Å². The molecule has 0 aliphatic heterocycles. The largest absolute Gasteiger partial charge is 0.469 e. The average Bonchev–Trinajstić information content (AvgIpc) is 3.40. The number of ether oxygens (including phenoxy) is 1. The van der Waals surface area contributed by atoms with Crippen LogP contribution >= 0.6 is 0 Å². The minimum absolute atomic E-state index is 0.106. The highest BCUT2D eigenvalue weighted by atomic mass is 16.5. The first-order valence-electron chi connectivity index (χ1n) is 11.6. The molecule has 7 heteroatoms. The Balaban J connectivity index is 1.81. The quantitative estimate of drug-likeness (QED) is 0.574. The fraction of sp³-hybridized carbons (Fsp3) is 0.500. The number of anilines is 1. The molecule has 1 aromatic heterocycles. The van der Waals surface area contributed by atoms with E-state index >= 15 is 0 Å². The van der Waals surface area contributed by atoms with Crippen molar-refractivity contribution < 1.29 is 14.3 Å². The third-order valence-electron chi connectivity index (χ3n) is 6.57. The van der Waals surface area contributed by atoms with Gasteiger partial charge in [-0.2, -0.15) is 5.26 Å². The van der Waals surface area contributed by atoms with E-state index in [1.54, 1.807) is 6.92 Å². The van der Waals surface area contributed by atoms with Crippen molar-refractivity contribution >= 4 is 17.7 Å². The first kappa shape index (κ1) is 24.5. The fourth-order valence-corrected chi connectivity index (χ4v) is 4.77. The van der Waals surface area contributed by atoms with Gasteiger partial charge in [-0.1, -0.05) is 50.1 Å².